The summed E-state index contributed by atoms with van der Waals surface area (Å²) in [6.07, 6.45) is 0. The number of thiazole rings is 1. The van der Waals surface area contributed by atoms with Crippen molar-refractivity contribution in [1.29, 1.82) is 5.26 Å². The van der Waals surface area contributed by atoms with E-state index >= 15 is 0 Å². The molecule has 0 radical (unpaired) electrons. The highest BCUT2D eigenvalue weighted by atomic mass is 32.1. The maximum absolute atomic E-state index is 14.2. The molecule has 0 amide bonds. The summed E-state index contributed by atoms with van der Waals surface area (Å²) in [5.41, 5.74) is 5.80. The number of rotatable bonds is 5. The van der Waals surface area contributed by atoms with Crippen LogP contribution < -0.4 is 5.73 Å². The second-order valence-corrected chi connectivity index (χ2v) is 7.12. The fourth-order valence-electron chi connectivity index (χ4n) is 2.89. The Hall–Kier alpha value is -2.66. The molecule has 0 spiro atoms. The number of aliphatic hydroxyl groups is 1. The molecule has 27 heavy (non-hydrogen) atoms. The van der Waals surface area contributed by atoms with Crippen molar-refractivity contribution in [3.63, 3.8) is 0 Å². The Bertz CT molecular complexity index is 997. The lowest BCUT2D eigenvalue weighted by molar-refractivity contribution is 0.0179. The predicted octanol–water partition coefficient (Wildman–Crippen LogP) is 3.91. The molecule has 0 fully saturated rings. The highest BCUT2D eigenvalue weighted by Crippen LogP contribution is 2.39. The van der Waals surface area contributed by atoms with Gasteiger partial charge in [0.2, 0.25) is 0 Å². The van der Waals surface area contributed by atoms with E-state index in [2.05, 4.69) is 11.1 Å². The first kappa shape index (κ1) is 19.1. The van der Waals surface area contributed by atoms with Crippen molar-refractivity contribution in [2.45, 2.75) is 18.4 Å². The van der Waals surface area contributed by atoms with Gasteiger partial charge in [-0.3, -0.25) is 0 Å². The van der Waals surface area contributed by atoms with E-state index < -0.39 is 23.2 Å². The molecule has 1 aromatic heterocycles. The number of halogens is 2. The van der Waals surface area contributed by atoms with E-state index in [1.165, 1.54) is 11.3 Å². The Balaban J connectivity index is 1.96. The van der Waals surface area contributed by atoms with Gasteiger partial charge in [-0.05, 0) is 30.3 Å². The first-order valence-corrected chi connectivity index (χ1v) is 9.11. The van der Waals surface area contributed by atoms with Gasteiger partial charge in [-0.2, -0.15) is 5.26 Å². The Kier molecular flexibility index (Phi) is 5.33. The lowest BCUT2D eigenvalue weighted by Crippen LogP contribution is -2.40. The van der Waals surface area contributed by atoms with E-state index in [0.717, 1.165) is 23.8 Å². The van der Waals surface area contributed by atoms with Crippen LogP contribution in [-0.2, 0) is 5.60 Å². The van der Waals surface area contributed by atoms with Gasteiger partial charge in [0.25, 0.3) is 0 Å². The third-order valence-electron chi connectivity index (χ3n) is 4.62. The number of nitriles is 1. The minimum atomic E-state index is -1.80. The molecule has 0 aliphatic rings. The molecule has 2 unspecified atom stereocenters. The molecule has 138 valence electrons. The lowest BCUT2D eigenvalue weighted by atomic mass is 9.82. The van der Waals surface area contributed by atoms with Crippen LogP contribution in [0.3, 0.4) is 0 Å². The lowest BCUT2D eigenvalue weighted by Gasteiger charge is -2.32. The molecule has 0 saturated heterocycles. The van der Waals surface area contributed by atoms with Crippen molar-refractivity contribution in [2.24, 2.45) is 5.73 Å². The summed E-state index contributed by atoms with van der Waals surface area (Å²) in [4.78, 5) is 4.53. The van der Waals surface area contributed by atoms with Crippen molar-refractivity contribution >= 4 is 11.3 Å². The molecular formula is C20H17F2N3OS. The van der Waals surface area contributed by atoms with Crippen LogP contribution in [0, 0.1) is 23.0 Å². The van der Waals surface area contributed by atoms with Crippen LogP contribution in [-0.4, -0.2) is 16.6 Å². The first-order valence-electron chi connectivity index (χ1n) is 8.23. The van der Waals surface area contributed by atoms with E-state index in [1.54, 1.807) is 31.2 Å². The zero-order chi connectivity index (χ0) is 19.6. The molecule has 2 atom stereocenters. The fraction of sp³-hybridized carbons (Fsp3) is 0.200. The van der Waals surface area contributed by atoms with Gasteiger partial charge in [0.05, 0.1) is 22.3 Å². The molecule has 7 heteroatoms. The fourth-order valence-corrected chi connectivity index (χ4v) is 3.86. The minimum absolute atomic E-state index is 0.187. The van der Waals surface area contributed by atoms with E-state index in [1.807, 2.05) is 5.38 Å². The number of hydrogen-bond acceptors (Lipinski definition) is 5. The van der Waals surface area contributed by atoms with Gasteiger partial charge >= 0.3 is 0 Å². The Labute approximate surface area is 159 Å². The summed E-state index contributed by atoms with van der Waals surface area (Å²) in [5.74, 6) is -2.03. The zero-order valence-corrected chi connectivity index (χ0v) is 15.3. The standard InChI is InChI=1S/C20H17F2N3OS/c1-12(20(26,11-24)16-8-15(21)6-7-17(16)22)19-25-18(10-27-19)14-4-2-13(9-23)3-5-14/h2-8,10,12,26H,11,24H2,1H3. The van der Waals surface area contributed by atoms with Gasteiger partial charge in [0, 0.05) is 29.0 Å². The smallest absolute Gasteiger partial charge is 0.129 e. The van der Waals surface area contributed by atoms with Crippen molar-refractivity contribution < 1.29 is 13.9 Å². The summed E-state index contributed by atoms with van der Waals surface area (Å²) >= 11 is 1.30. The maximum atomic E-state index is 14.2. The monoisotopic (exact) mass is 385 g/mol. The molecule has 0 bridgehead atoms. The number of nitrogens with zero attached hydrogens (tertiary/aromatic N) is 2. The van der Waals surface area contributed by atoms with Gasteiger partial charge in [-0.1, -0.05) is 19.1 Å². The van der Waals surface area contributed by atoms with Crippen molar-refractivity contribution in [1.82, 2.24) is 4.98 Å². The largest absolute Gasteiger partial charge is 0.383 e. The Morgan fingerprint density at radius 3 is 2.59 bits per heavy atom. The Morgan fingerprint density at radius 1 is 1.26 bits per heavy atom. The van der Waals surface area contributed by atoms with Gasteiger partial charge in [-0.25, -0.2) is 13.8 Å². The van der Waals surface area contributed by atoms with Crippen LogP contribution in [0.4, 0.5) is 8.78 Å². The molecule has 0 aliphatic heterocycles. The summed E-state index contributed by atoms with van der Waals surface area (Å²) in [6.45, 7) is 1.39. The molecule has 2 aromatic carbocycles. The summed E-state index contributed by atoms with van der Waals surface area (Å²) < 4.78 is 27.9. The number of aromatic nitrogens is 1. The van der Waals surface area contributed by atoms with Gasteiger partial charge in [-0.15, -0.1) is 11.3 Å². The highest BCUT2D eigenvalue weighted by Gasteiger charge is 2.39. The second-order valence-electron chi connectivity index (χ2n) is 6.23. The predicted molar refractivity (Wildman–Crippen MR) is 100.0 cm³/mol. The molecule has 0 aliphatic carbocycles. The van der Waals surface area contributed by atoms with Crippen LogP contribution in [0.5, 0.6) is 0 Å². The molecule has 4 nitrogen and oxygen atoms in total. The number of hydrogen-bond donors (Lipinski definition) is 2. The summed E-state index contributed by atoms with van der Waals surface area (Å²) in [7, 11) is 0. The van der Waals surface area contributed by atoms with Crippen molar-refractivity contribution in [3.8, 4) is 17.3 Å². The van der Waals surface area contributed by atoms with Crippen LogP contribution in [0.2, 0.25) is 0 Å². The first-order chi connectivity index (χ1) is 12.9. The number of benzene rings is 2. The SMILES string of the molecule is CC(c1nc(-c2ccc(C#N)cc2)cs1)C(O)(CN)c1cc(F)ccc1F. The molecular weight excluding hydrogens is 368 g/mol. The summed E-state index contributed by atoms with van der Waals surface area (Å²) in [6, 6.07) is 11.9. The van der Waals surface area contributed by atoms with Gasteiger partial charge in [0.15, 0.2) is 0 Å². The quantitative estimate of drug-likeness (QED) is 0.698. The van der Waals surface area contributed by atoms with Gasteiger partial charge < -0.3 is 10.8 Å². The van der Waals surface area contributed by atoms with Crippen LogP contribution in [0.1, 0.15) is 29.0 Å². The molecule has 0 saturated carbocycles. The third kappa shape index (κ3) is 3.60. The van der Waals surface area contributed by atoms with E-state index in [0.29, 0.717) is 16.3 Å². The molecule has 3 rings (SSSR count). The average molecular weight is 385 g/mol. The van der Waals surface area contributed by atoms with E-state index in [4.69, 9.17) is 11.0 Å². The minimum Gasteiger partial charge on any atom is -0.383 e. The second kappa shape index (κ2) is 7.53. The highest BCUT2D eigenvalue weighted by molar-refractivity contribution is 7.10. The molecule has 3 N–H and O–H groups in total. The number of nitrogens with two attached hydrogens (primary N) is 1. The van der Waals surface area contributed by atoms with Gasteiger partial charge in [0.1, 0.15) is 17.2 Å². The summed E-state index contributed by atoms with van der Waals surface area (Å²) in [5, 5.41) is 22.3. The molecule has 1 heterocycles. The van der Waals surface area contributed by atoms with E-state index in [-0.39, 0.29) is 12.1 Å². The van der Waals surface area contributed by atoms with Crippen LogP contribution in [0.25, 0.3) is 11.3 Å². The normalized spacial score (nSPS) is 14.4. The average Bonchev–Trinajstić information content (AvgIpc) is 3.18. The Morgan fingerprint density at radius 2 is 1.96 bits per heavy atom. The topological polar surface area (TPSA) is 82.9 Å². The van der Waals surface area contributed by atoms with Crippen molar-refractivity contribution in [3.05, 3.63) is 75.6 Å². The maximum Gasteiger partial charge on any atom is 0.129 e. The van der Waals surface area contributed by atoms with Crippen LogP contribution in [0.15, 0.2) is 47.8 Å². The van der Waals surface area contributed by atoms with E-state index in [9.17, 15) is 13.9 Å². The van der Waals surface area contributed by atoms with Crippen LogP contribution >= 0.6 is 11.3 Å². The molecule has 3 aromatic rings. The van der Waals surface area contributed by atoms with Crippen molar-refractivity contribution in [2.75, 3.05) is 6.54 Å². The third-order valence-corrected chi connectivity index (χ3v) is 5.65. The zero-order valence-electron chi connectivity index (χ0n) is 14.5.